The number of hydrogen-bond acceptors (Lipinski definition) is 3. The number of ether oxygens (including phenoxy) is 1. The lowest BCUT2D eigenvalue weighted by atomic mass is 9.87. The Kier molecular flexibility index (Phi) is 5.97. The first-order valence-corrected chi connectivity index (χ1v) is 7.39. The molecule has 0 radical (unpaired) electrons. The topological polar surface area (TPSA) is 75.6 Å². The number of carbonyl (C=O) groups excluding carboxylic acids is 1. The first-order chi connectivity index (χ1) is 10.1. The summed E-state index contributed by atoms with van der Waals surface area (Å²) >= 11 is 0. The lowest BCUT2D eigenvalue weighted by Crippen LogP contribution is -2.39. The summed E-state index contributed by atoms with van der Waals surface area (Å²) in [6.07, 6.45) is -0.684. The van der Waals surface area contributed by atoms with Crippen molar-refractivity contribution in [1.29, 1.82) is 0 Å². The van der Waals surface area contributed by atoms with E-state index in [4.69, 9.17) is 9.84 Å². The van der Waals surface area contributed by atoms with Crippen molar-refractivity contribution in [2.45, 2.75) is 46.1 Å². The maximum atomic E-state index is 11.9. The minimum Gasteiger partial charge on any atom is -0.481 e. The third-order valence-electron chi connectivity index (χ3n) is 3.39. The van der Waals surface area contributed by atoms with E-state index < -0.39 is 18.0 Å². The number of benzene rings is 1. The van der Waals surface area contributed by atoms with Crippen LogP contribution in [0.2, 0.25) is 0 Å². The van der Waals surface area contributed by atoms with Gasteiger partial charge in [0.2, 0.25) is 0 Å². The van der Waals surface area contributed by atoms with Crippen molar-refractivity contribution in [3.05, 3.63) is 29.8 Å². The molecule has 0 saturated carbocycles. The molecule has 1 rings (SSSR count). The Labute approximate surface area is 131 Å². The van der Waals surface area contributed by atoms with Crippen molar-refractivity contribution < 1.29 is 19.4 Å². The predicted molar refractivity (Wildman–Crippen MR) is 85.0 cm³/mol. The Morgan fingerprint density at radius 2 is 1.91 bits per heavy atom. The van der Waals surface area contributed by atoms with Crippen molar-refractivity contribution in [3.8, 4) is 5.75 Å². The molecule has 1 aromatic carbocycles. The molecule has 5 heteroatoms. The fourth-order valence-corrected chi connectivity index (χ4v) is 1.78. The zero-order chi connectivity index (χ0) is 16.9. The minimum atomic E-state index is -0.938. The van der Waals surface area contributed by atoms with Crippen LogP contribution in [0.1, 0.15) is 40.2 Å². The molecule has 1 aromatic rings. The average molecular weight is 307 g/mol. The van der Waals surface area contributed by atoms with Gasteiger partial charge in [-0.05, 0) is 30.0 Å². The Balaban J connectivity index is 2.63. The fourth-order valence-electron chi connectivity index (χ4n) is 1.78. The zero-order valence-electron chi connectivity index (χ0n) is 13.8. The highest BCUT2D eigenvalue weighted by molar-refractivity contribution is 5.81. The Bertz CT molecular complexity index is 534. The van der Waals surface area contributed by atoms with E-state index in [1.165, 1.54) is 0 Å². The molecule has 2 atom stereocenters. The molecule has 0 bridgehead atoms. The molecular formula is C17H25NO4. The third kappa shape index (κ3) is 5.39. The lowest BCUT2D eigenvalue weighted by molar-refractivity contribution is -0.141. The van der Waals surface area contributed by atoms with Crippen LogP contribution in [0.5, 0.6) is 5.75 Å². The summed E-state index contributed by atoms with van der Waals surface area (Å²) in [5.41, 5.74) is 1.12. The van der Waals surface area contributed by atoms with Crippen LogP contribution in [0.25, 0.3) is 0 Å². The second kappa shape index (κ2) is 7.29. The second-order valence-corrected chi connectivity index (χ2v) is 6.52. The van der Waals surface area contributed by atoms with Gasteiger partial charge in [0.25, 0.3) is 5.91 Å². The summed E-state index contributed by atoms with van der Waals surface area (Å²) in [5.74, 6) is -1.26. The monoisotopic (exact) mass is 307 g/mol. The van der Waals surface area contributed by atoms with Gasteiger partial charge in [-0.25, -0.2) is 0 Å². The van der Waals surface area contributed by atoms with E-state index >= 15 is 0 Å². The molecule has 2 N–H and O–H groups in total. The second-order valence-electron chi connectivity index (χ2n) is 6.52. The van der Waals surface area contributed by atoms with Gasteiger partial charge in [0, 0.05) is 6.54 Å². The smallest absolute Gasteiger partial charge is 0.308 e. The highest BCUT2D eigenvalue weighted by Crippen LogP contribution is 2.26. The van der Waals surface area contributed by atoms with Gasteiger partial charge in [0.15, 0.2) is 6.10 Å². The molecule has 5 nitrogen and oxygen atoms in total. The van der Waals surface area contributed by atoms with Crippen molar-refractivity contribution >= 4 is 11.9 Å². The molecule has 0 saturated heterocycles. The Morgan fingerprint density at radius 3 is 2.45 bits per heavy atom. The summed E-state index contributed by atoms with van der Waals surface area (Å²) < 4.78 is 5.65. The van der Waals surface area contributed by atoms with Crippen molar-refractivity contribution in [2.24, 2.45) is 5.92 Å². The van der Waals surface area contributed by atoms with E-state index in [-0.39, 0.29) is 17.9 Å². The first kappa shape index (κ1) is 18.0. The van der Waals surface area contributed by atoms with Gasteiger partial charge in [0.1, 0.15) is 5.75 Å². The van der Waals surface area contributed by atoms with E-state index in [1.54, 1.807) is 19.9 Å². The van der Waals surface area contributed by atoms with E-state index in [0.29, 0.717) is 5.75 Å². The van der Waals surface area contributed by atoms with Gasteiger partial charge in [-0.15, -0.1) is 0 Å². The van der Waals surface area contributed by atoms with Crippen LogP contribution in [0.15, 0.2) is 24.3 Å². The fraction of sp³-hybridized carbons (Fsp3) is 0.529. The molecule has 0 aliphatic rings. The van der Waals surface area contributed by atoms with E-state index in [2.05, 4.69) is 26.1 Å². The number of carboxylic acids is 1. The summed E-state index contributed by atoms with van der Waals surface area (Å²) in [7, 11) is 0. The maximum Gasteiger partial charge on any atom is 0.308 e. The zero-order valence-corrected chi connectivity index (χ0v) is 13.8. The van der Waals surface area contributed by atoms with Crippen LogP contribution in [-0.2, 0) is 15.0 Å². The molecule has 2 unspecified atom stereocenters. The minimum absolute atomic E-state index is 0.00177. The molecule has 0 aliphatic heterocycles. The van der Waals surface area contributed by atoms with Crippen LogP contribution >= 0.6 is 0 Å². The van der Waals surface area contributed by atoms with Crippen molar-refractivity contribution in [2.75, 3.05) is 6.54 Å². The molecular weight excluding hydrogens is 282 g/mol. The number of hydrogen-bond donors (Lipinski definition) is 2. The maximum absolute atomic E-state index is 11.9. The number of rotatable bonds is 6. The number of aliphatic carboxylic acids is 1. The SMILES string of the molecule is CC(CNC(=O)C(C)Oc1cccc(C(C)(C)C)c1)C(=O)O. The molecule has 0 spiro atoms. The molecule has 22 heavy (non-hydrogen) atoms. The molecule has 1 amide bonds. The molecule has 122 valence electrons. The summed E-state index contributed by atoms with van der Waals surface area (Å²) in [6.45, 7) is 9.59. The quantitative estimate of drug-likeness (QED) is 0.847. The normalized spacial score (nSPS) is 14.0. The van der Waals surface area contributed by atoms with Gasteiger partial charge in [-0.3, -0.25) is 9.59 Å². The van der Waals surface area contributed by atoms with E-state index in [1.807, 2.05) is 18.2 Å². The number of amides is 1. The number of carbonyl (C=O) groups is 2. The Hall–Kier alpha value is -2.04. The highest BCUT2D eigenvalue weighted by Gasteiger charge is 2.19. The Morgan fingerprint density at radius 1 is 1.27 bits per heavy atom. The molecule has 0 aromatic heterocycles. The van der Waals surface area contributed by atoms with E-state index in [0.717, 1.165) is 5.56 Å². The van der Waals surface area contributed by atoms with Gasteiger partial charge >= 0.3 is 5.97 Å². The van der Waals surface area contributed by atoms with Crippen LogP contribution in [0.4, 0.5) is 0 Å². The standard InChI is InChI=1S/C17H25NO4/c1-11(16(20)21)10-18-15(19)12(2)22-14-8-6-7-13(9-14)17(3,4)5/h6-9,11-12H,10H2,1-5H3,(H,18,19)(H,20,21). The first-order valence-electron chi connectivity index (χ1n) is 7.39. The predicted octanol–water partition coefficient (Wildman–Crippen LogP) is 2.59. The van der Waals surface area contributed by atoms with Gasteiger partial charge in [-0.2, -0.15) is 0 Å². The van der Waals surface area contributed by atoms with Gasteiger partial charge in [-0.1, -0.05) is 39.8 Å². The summed E-state index contributed by atoms with van der Waals surface area (Å²) in [6, 6.07) is 7.64. The molecule has 0 heterocycles. The van der Waals surface area contributed by atoms with Crippen LogP contribution in [-0.4, -0.2) is 29.6 Å². The molecule has 0 fully saturated rings. The summed E-state index contributed by atoms with van der Waals surface area (Å²) in [4.78, 5) is 22.6. The average Bonchev–Trinajstić information content (AvgIpc) is 2.43. The van der Waals surface area contributed by atoms with E-state index in [9.17, 15) is 9.59 Å². The van der Waals surface area contributed by atoms with Crippen LogP contribution in [0.3, 0.4) is 0 Å². The third-order valence-corrected chi connectivity index (χ3v) is 3.39. The number of carboxylic acid groups (broad SMARTS) is 1. The lowest BCUT2D eigenvalue weighted by Gasteiger charge is -2.21. The number of nitrogens with one attached hydrogen (secondary N) is 1. The van der Waals surface area contributed by atoms with Crippen molar-refractivity contribution in [3.63, 3.8) is 0 Å². The van der Waals surface area contributed by atoms with Gasteiger partial charge < -0.3 is 15.2 Å². The highest BCUT2D eigenvalue weighted by atomic mass is 16.5. The van der Waals surface area contributed by atoms with Crippen LogP contribution in [0, 0.1) is 5.92 Å². The van der Waals surface area contributed by atoms with Crippen LogP contribution < -0.4 is 10.1 Å². The summed E-state index contributed by atoms with van der Waals surface area (Å²) in [5, 5.41) is 11.4. The largest absolute Gasteiger partial charge is 0.481 e. The van der Waals surface area contributed by atoms with Crippen molar-refractivity contribution in [1.82, 2.24) is 5.32 Å². The molecule has 0 aliphatic carbocycles. The van der Waals surface area contributed by atoms with Gasteiger partial charge in [0.05, 0.1) is 5.92 Å².